The number of sulfonamides is 1. The van der Waals surface area contributed by atoms with E-state index in [0.29, 0.717) is 6.54 Å². The van der Waals surface area contributed by atoms with Gasteiger partial charge in [-0.2, -0.15) is 0 Å². The standard InChI is InChI=1S/C17H20N2O4S/c1-12-6-3-4-7-13(12)14-8-5-11-19(14)17(20)15-9-10-16(23-15)24(21,22)18-2/h3-4,6-7,9-10,14,18H,5,8,11H2,1-2H3/t14-/m1/s1. The van der Waals surface area contributed by atoms with Crippen LogP contribution < -0.4 is 4.72 Å². The van der Waals surface area contributed by atoms with E-state index in [2.05, 4.69) is 4.72 Å². The van der Waals surface area contributed by atoms with E-state index in [0.717, 1.165) is 24.0 Å². The van der Waals surface area contributed by atoms with Crippen LogP contribution in [0.4, 0.5) is 0 Å². The topological polar surface area (TPSA) is 79.6 Å². The normalized spacial score (nSPS) is 18.1. The molecule has 2 heterocycles. The zero-order valence-electron chi connectivity index (χ0n) is 13.7. The van der Waals surface area contributed by atoms with Crippen molar-refractivity contribution >= 4 is 15.9 Å². The summed E-state index contributed by atoms with van der Waals surface area (Å²) in [5, 5.41) is -0.250. The number of likely N-dealkylation sites (tertiary alicyclic amines) is 1. The lowest BCUT2D eigenvalue weighted by atomic mass is 9.99. The molecule has 3 rings (SSSR count). The molecule has 1 saturated heterocycles. The Bertz CT molecular complexity index is 857. The van der Waals surface area contributed by atoms with Crippen molar-refractivity contribution in [2.45, 2.75) is 30.9 Å². The van der Waals surface area contributed by atoms with Crippen molar-refractivity contribution in [2.75, 3.05) is 13.6 Å². The lowest BCUT2D eigenvalue weighted by Gasteiger charge is -2.25. The molecule has 1 N–H and O–H groups in total. The molecule has 7 heteroatoms. The predicted octanol–water partition coefficient (Wildman–Crippen LogP) is 2.47. The summed E-state index contributed by atoms with van der Waals surface area (Å²) in [5.41, 5.74) is 2.26. The molecule has 0 radical (unpaired) electrons. The van der Waals surface area contributed by atoms with E-state index in [1.807, 2.05) is 31.2 Å². The highest BCUT2D eigenvalue weighted by Gasteiger charge is 2.33. The summed E-state index contributed by atoms with van der Waals surface area (Å²) >= 11 is 0. The molecule has 1 aromatic heterocycles. The highest BCUT2D eigenvalue weighted by atomic mass is 32.2. The molecular weight excluding hydrogens is 328 g/mol. The molecule has 1 fully saturated rings. The maximum absolute atomic E-state index is 12.8. The Kier molecular flexibility index (Phi) is 4.47. The number of carbonyl (C=O) groups excluding carboxylic acids is 1. The lowest BCUT2D eigenvalue weighted by molar-refractivity contribution is 0.0697. The minimum atomic E-state index is -3.69. The van der Waals surface area contributed by atoms with Gasteiger partial charge in [-0.15, -0.1) is 0 Å². The van der Waals surface area contributed by atoms with Gasteiger partial charge in [0.05, 0.1) is 6.04 Å². The van der Waals surface area contributed by atoms with Gasteiger partial charge in [0.15, 0.2) is 5.76 Å². The summed E-state index contributed by atoms with van der Waals surface area (Å²) in [7, 11) is -2.39. The van der Waals surface area contributed by atoms with Crippen LogP contribution in [0.15, 0.2) is 45.9 Å². The maximum atomic E-state index is 12.8. The van der Waals surface area contributed by atoms with Crippen LogP contribution in [-0.4, -0.2) is 32.8 Å². The second kappa shape index (κ2) is 6.41. The molecule has 0 unspecified atom stereocenters. The number of benzene rings is 1. The zero-order chi connectivity index (χ0) is 17.3. The third-order valence-electron chi connectivity index (χ3n) is 4.39. The van der Waals surface area contributed by atoms with Gasteiger partial charge in [0.2, 0.25) is 5.09 Å². The average molecular weight is 348 g/mol. The van der Waals surface area contributed by atoms with E-state index in [9.17, 15) is 13.2 Å². The van der Waals surface area contributed by atoms with E-state index in [4.69, 9.17) is 4.42 Å². The van der Waals surface area contributed by atoms with E-state index in [1.54, 1.807) is 4.90 Å². The molecule has 2 aromatic rings. The van der Waals surface area contributed by atoms with Crippen LogP contribution in [0.1, 0.15) is 40.6 Å². The molecule has 1 atom stereocenters. The highest BCUT2D eigenvalue weighted by Crippen LogP contribution is 2.35. The van der Waals surface area contributed by atoms with Crippen molar-refractivity contribution in [1.82, 2.24) is 9.62 Å². The fourth-order valence-electron chi connectivity index (χ4n) is 3.12. The first-order chi connectivity index (χ1) is 11.4. The molecule has 1 aromatic carbocycles. The molecule has 24 heavy (non-hydrogen) atoms. The number of carbonyl (C=O) groups is 1. The minimum Gasteiger partial charge on any atom is -0.438 e. The summed E-state index contributed by atoms with van der Waals surface area (Å²) in [6.07, 6.45) is 1.80. The number of hydrogen-bond donors (Lipinski definition) is 1. The lowest BCUT2D eigenvalue weighted by Crippen LogP contribution is -2.30. The Balaban J connectivity index is 1.88. The molecule has 6 nitrogen and oxygen atoms in total. The quantitative estimate of drug-likeness (QED) is 0.920. The van der Waals surface area contributed by atoms with Gasteiger partial charge in [-0.3, -0.25) is 4.79 Å². The van der Waals surface area contributed by atoms with Crippen molar-refractivity contribution < 1.29 is 17.6 Å². The molecule has 0 spiro atoms. The van der Waals surface area contributed by atoms with Crippen LogP contribution >= 0.6 is 0 Å². The van der Waals surface area contributed by atoms with Crippen LogP contribution in [0.2, 0.25) is 0 Å². The molecule has 128 valence electrons. The van der Waals surface area contributed by atoms with E-state index in [1.165, 1.54) is 19.2 Å². The first kappa shape index (κ1) is 16.7. The van der Waals surface area contributed by atoms with Crippen molar-refractivity contribution in [2.24, 2.45) is 0 Å². The Hall–Kier alpha value is -2.12. The third kappa shape index (κ3) is 2.97. The van der Waals surface area contributed by atoms with Crippen molar-refractivity contribution in [3.05, 3.63) is 53.3 Å². The molecule has 1 aliphatic rings. The van der Waals surface area contributed by atoms with Crippen LogP contribution in [0.3, 0.4) is 0 Å². The van der Waals surface area contributed by atoms with Crippen molar-refractivity contribution in [3.8, 4) is 0 Å². The summed E-state index contributed by atoms with van der Waals surface area (Å²) < 4.78 is 31.0. The monoisotopic (exact) mass is 348 g/mol. The molecule has 0 saturated carbocycles. The van der Waals surface area contributed by atoms with Crippen LogP contribution in [0.25, 0.3) is 0 Å². The van der Waals surface area contributed by atoms with Gasteiger partial charge >= 0.3 is 0 Å². The van der Waals surface area contributed by atoms with Gasteiger partial charge in [-0.25, -0.2) is 13.1 Å². The fourth-order valence-corrected chi connectivity index (χ4v) is 3.76. The SMILES string of the molecule is CNS(=O)(=O)c1ccc(C(=O)N2CCC[C@@H]2c2ccccc2C)o1. The van der Waals surface area contributed by atoms with Crippen LogP contribution in [-0.2, 0) is 10.0 Å². The van der Waals surface area contributed by atoms with Gasteiger partial charge in [0.1, 0.15) is 0 Å². The smallest absolute Gasteiger partial charge is 0.290 e. The first-order valence-corrected chi connectivity index (χ1v) is 9.32. The summed E-state index contributed by atoms with van der Waals surface area (Å²) in [5.74, 6) is -0.234. The minimum absolute atomic E-state index is 0.00634. The second-order valence-corrected chi connectivity index (χ2v) is 7.66. The van der Waals surface area contributed by atoms with Crippen LogP contribution in [0.5, 0.6) is 0 Å². The average Bonchev–Trinajstić information content (AvgIpc) is 3.24. The maximum Gasteiger partial charge on any atom is 0.290 e. The molecule has 0 aliphatic carbocycles. The third-order valence-corrected chi connectivity index (χ3v) is 5.67. The molecular formula is C17H20N2O4S. The number of amides is 1. The number of hydrogen-bond acceptors (Lipinski definition) is 4. The van der Waals surface area contributed by atoms with Crippen molar-refractivity contribution in [1.29, 1.82) is 0 Å². The number of aryl methyl sites for hydroxylation is 1. The number of rotatable bonds is 4. The number of furan rings is 1. The Morgan fingerprint density at radius 3 is 2.71 bits per heavy atom. The van der Waals surface area contributed by atoms with Gasteiger partial charge in [-0.05, 0) is 50.1 Å². The van der Waals surface area contributed by atoms with Crippen molar-refractivity contribution in [3.63, 3.8) is 0 Å². The first-order valence-electron chi connectivity index (χ1n) is 7.84. The number of nitrogens with one attached hydrogen (secondary N) is 1. The van der Waals surface area contributed by atoms with E-state index >= 15 is 0 Å². The Morgan fingerprint density at radius 2 is 2.00 bits per heavy atom. The number of nitrogens with zero attached hydrogens (tertiary/aromatic N) is 1. The van der Waals surface area contributed by atoms with E-state index < -0.39 is 10.0 Å². The summed E-state index contributed by atoms with van der Waals surface area (Å²) in [6, 6.07) is 10.7. The molecule has 0 bridgehead atoms. The Labute approximate surface area is 141 Å². The van der Waals surface area contributed by atoms with Gasteiger partial charge in [-0.1, -0.05) is 24.3 Å². The van der Waals surface area contributed by atoms with Gasteiger partial charge in [0.25, 0.3) is 15.9 Å². The molecule has 1 amide bonds. The van der Waals surface area contributed by atoms with Gasteiger partial charge in [0, 0.05) is 6.54 Å². The van der Waals surface area contributed by atoms with E-state index in [-0.39, 0.29) is 22.8 Å². The Morgan fingerprint density at radius 1 is 1.25 bits per heavy atom. The largest absolute Gasteiger partial charge is 0.438 e. The van der Waals surface area contributed by atoms with Gasteiger partial charge < -0.3 is 9.32 Å². The second-order valence-electron chi connectivity index (χ2n) is 5.84. The summed E-state index contributed by atoms with van der Waals surface area (Å²) in [4.78, 5) is 14.5. The molecule has 1 aliphatic heterocycles. The van der Waals surface area contributed by atoms with Crippen LogP contribution in [0, 0.1) is 6.92 Å². The predicted molar refractivity (Wildman–Crippen MR) is 89.1 cm³/mol. The summed E-state index contributed by atoms with van der Waals surface area (Å²) in [6.45, 7) is 2.66. The highest BCUT2D eigenvalue weighted by molar-refractivity contribution is 7.89. The fraction of sp³-hybridized carbons (Fsp3) is 0.353. The zero-order valence-corrected chi connectivity index (χ0v) is 14.5.